The smallest absolute Gasteiger partial charge is 0.334 e. The molecular formula is C13H14F3N3O. The van der Waals surface area contributed by atoms with E-state index < -0.39 is 17.8 Å². The SMILES string of the molecule is CCCC(N)c1noc(-c2ccccc2C(F)(F)F)n1. The molecule has 7 heteroatoms. The van der Waals surface area contributed by atoms with Crippen LogP contribution in [0.25, 0.3) is 11.5 Å². The first-order valence-electron chi connectivity index (χ1n) is 6.19. The highest BCUT2D eigenvalue weighted by Gasteiger charge is 2.34. The quantitative estimate of drug-likeness (QED) is 0.932. The van der Waals surface area contributed by atoms with Crippen LogP contribution in [0.1, 0.15) is 37.2 Å². The van der Waals surface area contributed by atoms with Crippen molar-refractivity contribution >= 4 is 0 Å². The molecule has 1 aromatic carbocycles. The van der Waals surface area contributed by atoms with Crippen LogP contribution in [0.4, 0.5) is 13.2 Å². The largest absolute Gasteiger partial charge is 0.417 e. The van der Waals surface area contributed by atoms with E-state index in [1.807, 2.05) is 6.92 Å². The highest BCUT2D eigenvalue weighted by molar-refractivity contribution is 5.59. The minimum absolute atomic E-state index is 0.137. The van der Waals surface area contributed by atoms with Gasteiger partial charge in [-0.1, -0.05) is 30.6 Å². The number of hydrogen-bond acceptors (Lipinski definition) is 4. The van der Waals surface area contributed by atoms with Gasteiger partial charge in [0.2, 0.25) is 0 Å². The van der Waals surface area contributed by atoms with E-state index in [1.165, 1.54) is 18.2 Å². The van der Waals surface area contributed by atoms with Crippen molar-refractivity contribution in [3.05, 3.63) is 35.7 Å². The molecule has 2 aromatic rings. The number of nitrogens with two attached hydrogens (primary N) is 1. The van der Waals surface area contributed by atoms with E-state index in [4.69, 9.17) is 10.3 Å². The molecule has 4 nitrogen and oxygen atoms in total. The van der Waals surface area contributed by atoms with Crippen LogP contribution in [-0.2, 0) is 6.18 Å². The molecule has 0 radical (unpaired) electrons. The Morgan fingerprint density at radius 1 is 1.30 bits per heavy atom. The summed E-state index contributed by atoms with van der Waals surface area (Å²) < 4.78 is 43.6. The van der Waals surface area contributed by atoms with Crippen molar-refractivity contribution in [1.82, 2.24) is 10.1 Å². The summed E-state index contributed by atoms with van der Waals surface area (Å²) in [4.78, 5) is 3.97. The Bertz CT molecular complexity index is 580. The molecule has 0 bridgehead atoms. The number of benzene rings is 1. The van der Waals surface area contributed by atoms with E-state index >= 15 is 0 Å². The van der Waals surface area contributed by atoms with Crippen LogP contribution < -0.4 is 5.73 Å². The molecule has 0 fully saturated rings. The highest BCUT2D eigenvalue weighted by atomic mass is 19.4. The first-order valence-corrected chi connectivity index (χ1v) is 6.19. The van der Waals surface area contributed by atoms with Crippen LogP contribution in [0, 0.1) is 0 Å². The van der Waals surface area contributed by atoms with E-state index in [-0.39, 0.29) is 17.3 Å². The Labute approximate surface area is 113 Å². The van der Waals surface area contributed by atoms with Gasteiger partial charge in [-0.2, -0.15) is 18.2 Å². The summed E-state index contributed by atoms with van der Waals surface area (Å²) in [6.07, 6.45) is -3.01. The lowest BCUT2D eigenvalue weighted by Crippen LogP contribution is -2.11. The van der Waals surface area contributed by atoms with E-state index in [0.29, 0.717) is 6.42 Å². The summed E-state index contributed by atoms with van der Waals surface area (Å²) in [5.74, 6) is 0.0540. The Kier molecular flexibility index (Phi) is 4.08. The molecule has 0 saturated carbocycles. The maximum Gasteiger partial charge on any atom is 0.417 e. The van der Waals surface area contributed by atoms with Crippen LogP contribution in [0.15, 0.2) is 28.8 Å². The van der Waals surface area contributed by atoms with Gasteiger partial charge in [-0.3, -0.25) is 0 Å². The van der Waals surface area contributed by atoms with Gasteiger partial charge in [-0.15, -0.1) is 0 Å². The molecule has 0 aliphatic heterocycles. The van der Waals surface area contributed by atoms with E-state index in [0.717, 1.165) is 12.5 Å². The maximum absolute atomic E-state index is 12.9. The molecule has 1 atom stereocenters. The zero-order chi connectivity index (χ0) is 14.8. The molecule has 0 saturated heterocycles. The molecule has 2 N–H and O–H groups in total. The van der Waals surface area contributed by atoms with Crippen LogP contribution in [-0.4, -0.2) is 10.1 Å². The molecule has 0 amide bonds. The lowest BCUT2D eigenvalue weighted by Gasteiger charge is -2.09. The predicted molar refractivity (Wildman–Crippen MR) is 66.6 cm³/mol. The first-order chi connectivity index (χ1) is 9.43. The van der Waals surface area contributed by atoms with Gasteiger partial charge in [0, 0.05) is 0 Å². The second kappa shape index (κ2) is 5.62. The Morgan fingerprint density at radius 2 is 2.00 bits per heavy atom. The molecular weight excluding hydrogens is 271 g/mol. The van der Waals surface area contributed by atoms with Gasteiger partial charge < -0.3 is 10.3 Å². The standard InChI is InChI=1S/C13H14F3N3O/c1-2-5-10(17)11-18-12(20-19-11)8-6-3-4-7-9(8)13(14,15)16/h3-4,6-7,10H,2,5,17H2,1H3. The fraction of sp³-hybridized carbons (Fsp3) is 0.385. The van der Waals surface area contributed by atoms with Crippen LogP contribution in [0.2, 0.25) is 0 Å². The van der Waals surface area contributed by atoms with Crippen molar-refractivity contribution in [3.8, 4) is 11.5 Å². The predicted octanol–water partition coefficient (Wildman–Crippen LogP) is 3.56. The van der Waals surface area contributed by atoms with Crippen molar-refractivity contribution in [2.75, 3.05) is 0 Å². The Hall–Kier alpha value is -1.89. The van der Waals surface area contributed by atoms with Crippen molar-refractivity contribution in [1.29, 1.82) is 0 Å². The van der Waals surface area contributed by atoms with Gasteiger partial charge in [0.05, 0.1) is 17.2 Å². The fourth-order valence-corrected chi connectivity index (χ4v) is 1.85. The second-order valence-corrected chi connectivity index (χ2v) is 4.40. The summed E-state index contributed by atoms with van der Waals surface area (Å²) in [5.41, 5.74) is 4.87. The first kappa shape index (κ1) is 14.5. The van der Waals surface area contributed by atoms with Crippen molar-refractivity contribution in [2.45, 2.75) is 32.0 Å². The van der Waals surface area contributed by atoms with Crippen molar-refractivity contribution in [2.24, 2.45) is 5.73 Å². The Balaban J connectivity index is 2.38. The molecule has 108 valence electrons. The monoisotopic (exact) mass is 285 g/mol. The second-order valence-electron chi connectivity index (χ2n) is 4.40. The summed E-state index contributed by atoms with van der Waals surface area (Å²) in [6.45, 7) is 1.94. The molecule has 1 heterocycles. The van der Waals surface area contributed by atoms with Gasteiger partial charge >= 0.3 is 6.18 Å². The number of hydrogen-bond donors (Lipinski definition) is 1. The summed E-state index contributed by atoms with van der Waals surface area (Å²) in [6, 6.07) is 4.64. The summed E-state index contributed by atoms with van der Waals surface area (Å²) >= 11 is 0. The lowest BCUT2D eigenvalue weighted by molar-refractivity contribution is -0.137. The molecule has 0 spiro atoms. The molecule has 0 aliphatic carbocycles. The summed E-state index contributed by atoms with van der Waals surface area (Å²) in [5, 5.41) is 3.66. The maximum atomic E-state index is 12.9. The molecule has 1 aromatic heterocycles. The third kappa shape index (κ3) is 2.98. The third-order valence-corrected chi connectivity index (χ3v) is 2.84. The molecule has 0 aliphatic rings. The lowest BCUT2D eigenvalue weighted by atomic mass is 10.1. The zero-order valence-electron chi connectivity index (χ0n) is 10.8. The number of alkyl halides is 3. The number of halogens is 3. The average Bonchev–Trinajstić information content (AvgIpc) is 2.87. The van der Waals surface area contributed by atoms with Crippen LogP contribution in [0.3, 0.4) is 0 Å². The normalized spacial score (nSPS) is 13.4. The van der Waals surface area contributed by atoms with E-state index in [2.05, 4.69) is 10.1 Å². The topological polar surface area (TPSA) is 64.9 Å². The third-order valence-electron chi connectivity index (χ3n) is 2.84. The van der Waals surface area contributed by atoms with Gasteiger partial charge in [-0.05, 0) is 18.6 Å². The number of rotatable bonds is 4. The van der Waals surface area contributed by atoms with Crippen molar-refractivity contribution in [3.63, 3.8) is 0 Å². The molecule has 20 heavy (non-hydrogen) atoms. The zero-order valence-corrected chi connectivity index (χ0v) is 10.8. The molecule has 2 rings (SSSR count). The minimum atomic E-state index is -4.48. The van der Waals surface area contributed by atoms with Gasteiger partial charge in [-0.25, -0.2) is 0 Å². The van der Waals surface area contributed by atoms with Gasteiger partial charge in [0.25, 0.3) is 5.89 Å². The van der Waals surface area contributed by atoms with Crippen LogP contribution >= 0.6 is 0 Å². The van der Waals surface area contributed by atoms with E-state index in [9.17, 15) is 13.2 Å². The Morgan fingerprint density at radius 3 is 2.65 bits per heavy atom. The summed E-state index contributed by atoms with van der Waals surface area (Å²) in [7, 11) is 0. The minimum Gasteiger partial charge on any atom is -0.334 e. The molecule has 1 unspecified atom stereocenters. The highest BCUT2D eigenvalue weighted by Crippen LogP contribution is 2.36. The number of nitrogens with zero attached hydrogens (tertiary/aromatic N) is 2. The van der Waals surface area contributed by atoms with Gasteiger partial charge in [0.15, 0.2) is 5.82 Å². The fourth-order valence-electron chi connectivity index (χ4n) is 1.85. The van der Waals surface area contributed by atoms with Crippen LogP contribution in [0.5, 0.6) is 0 Å². The van der Waals surface area contributed by atoms with Crippen molar-refractivity contribution < 1.29 is 17.7 Å². The number of aromatic nitrogens is 2. The average molecular weight is 285 g/mol. The van der Waals surface area contributed by atoms with E-state index in [1.54, 1.807) is 0 Å². The van der Waals surface area contributed by atoms with Gasteiger partial charge in [0.1, 0.15) is 0 Å².